The largest absolute Gasteiger partial charge is 0.273 e. The first-order valence-corrected chi connectivity index (χ1v) is 9.66. The minimum absolute atomic E-state index is 0.0719. The maximum atomic E-state index is 11.7. The van der Waals surface area contributed by atoms with E-state index in [2.05, 4.69) is 17.5 Å². The lowest BCUT2D eigenvalue weighted by molar-refractivity contribution is -0.121. The van der Waals surface area contributed by atoms with Gasteiger partial charge in [0.15, 0.2) is 0 Å². The number of hydrogen-bond acceptors (Lipinski definition) is 2. The summed E-state index contributed by atoms with van der Waals surface area (Å²) in [5, 5.41) is 4.95. The molecule has 1 rings (SSSR count). The standard InChI is InChI=1S/C19H28Cl2N2O/c1-2-3-4-5-6-7-8-9-10-14-19(24)23-22-15-16-17(20)12-11-13-18(16)21/h11-13,15H,2-10,14H2,1H3,(H,23,24). The molecule has 0 spiro atoms. The first kappa shape index (κ1) is 21.0. The summed E-state index contributed by atoms with van der Waals surface area (Å²) in [7, 11) is 0. The van der Waals surface area contributed by atoms with E-state index in [0.29, 0.717) is 22.0 Å². The highest BCUT2D eigenvalue weighted by Crippen LogP contribution is 2.22. The maximum Gasteiger partial charge on any atom is 0.240 e. The molecule has 0 bridgehead atoms. The minimum Gasteiger partial charge on any atom is -0.273 e. The molecular formula is C19H28Cl2N2O. The van der Waals surface area contributed by atoms with Crippen LogP contribution in [0, 0.1) is 0 Å². The number of nitrogens with zero attached hydrogens (tertiary/aromatic N) is 1. The van der Waals surface area contributed by atoms with Gasteiger partial charge in [-0.3, -0.25) is 4.79 Å². The predicted molar refractivity (Wildman–Crippen MR) is 104 cm³/mol. The third kappa shape index (κ3) is 9.29. The Morgan fingerprint density at radius 2 is 1.54 bits per heavy atom. The van der Waals surface area contributed by atoms with Gasteiger partial charge in [0.25, 0.3) is 0 Å². The van der Waals surface area contributed by atoms with Crippen LogP contribution in [0.4, 0.5) is 0 Å². The van der Waals surface area contributed by atoms with Crippen molar-refractivity contribution in [3.63, 3.8) is 0 Å². The molecule has 24 heavy (non-hydrogen) atoms. The fourth-order valence-electron chi connectivity index (χ4n) is 2.45. The molecule has 0 heterocycles. The van der Waals surface area contributed by atoms with E-state index in [9.17, 15) is 4.79 Å². The second kappa shape index (κ2) is 13.3. The normalized spacial score (nSPS) is 11.1. The van der Waals surface area contributed by atoms with Gasteiger partial charge < -0.3 is 0 Å². The van der Waals surface area contributed by atoms with Crippen molar-refractivity contribution < 1.29 is 4.79 Å². The van der Waals surface area contributed by atoms with Crippen molar-refractivity contribution in [3.8, 4) is 0 Å². The van der Waals surface area contributed by atoms with Crippen molar-refractivity contribution >= 4 is 35.3 Å². The van der Waals surface area contributed by atoms with Gasteiger partial charge in [-0.1, -0.05) is 87.6 Å². The Labute approximate surface area is 155 Å². The van der Waals surface area contributed by atoms with Gasteiger partial charge in [-0.2, -0.15) is 5.10 Å². The number of amides is 1. The van der Waals surface area contributed by atoms with Crippen LogP contribution in [-0.2, 0) is 4.79 Å². The molecule has 0 unspecified atom stereocenters. The van der Waals surface area contributed by atoms with Crippen LogP contribution in [0.3, 0.4) is 0 Å². The summed E-state index contributed by atoms with van der Waals surface area (Å²) >= 11 is 12.1. The van der Waals surface area contributed by atoms with E-state index in [-0.39, 0.29) is 5.91 Å². The van der Waals surface area contributed by atoms with Gasteiger partial charge in [-0.25, -0.2) is 5.43 Å². The predicted octanol–water partition coefficient (Wildman–Crippen LogP) is 6.36. The van der Waals surface area contributed by atoms with Gasteiger partial charge in [0.05, 0.1) is 16.3 Å². The van der Waals surface area contributed by atoms with E-state index >= 15 is 0 Å². The molecule has 1 N–H and O–H groups in total. The molecule has 0 atom stereocenters. The van der Waals surface area contributed by atoms with Gasteiger partial charge in [0.2, 0.25) is 5.91 Å². The molecular weight excluding hydrogens is 343 g/mol. The SMILES string of the molecule is CCCCCCCCCCCC(=O)NN=Cc1c(Cl)cccc1Cl. The topological polar surface area (TPSA) is 41.5 Å². The average molecular weight is 371 g/mol. The Bertz CT molecular complexity index is 498. The van der Waals surface area contributed by atoms with E-state index in [0.717, 1.165) is 12.8 Å². The van der Waals surface area contributed by atoms with Crippen molar-refractivity contribution in [1.82, 2.24) is 5.43 Å². The quantitative estimate of drug-likeness (QED) is 0.259. The van der Waals surface area contributed by atoms with Gasteiger partial charge in [0, 0.05) is 12.0 Å². The molecule has 5 heteroatoms. The van der Waals surface area contributed by atoms with E-state index in [1.165, 1.54) is 51.2 Å². The molecule has 0 aliphatic heterocycles. The molecule has 0 radical (unpaired) electrons. The summed E-state index contributed by atoms with van der Waals surface area (Å²) in [6, 6.07) is 5.24. The van der Waals surface area contributed by atoms with Crippen molar-refractivity contribution in [2.45, 2.75) is 71.1 Å². The minimum atomic E-state index is -0.0719. The Hall–Kier alpha value is -1.06. The summed E-state index contributed by atoms with van der Waals surface area (Å²) < 4.78 is 0. The van der Waals surface area contributed by atoms with E-state index in [1.807, 2.05) is 0 Å². The third-order valence-electron chi connectivity index (χ3n) is 3.89. The number of carbonyl (C=O) groups is 1. The highest BCUT2D eigenvalue weighted by atomic mass is 35.5. The molecule has 0 aliphatic carbocycles. The lowest BCUT2D eigenvalue weighted by Gasteiger charge is -2.03. The molecule has 0 aromatic heterocycles. The summed E-state index contributed by atoms with van der Waals surface area (Å²) in [5.74, 6) is -0.0719. The number of benzene rings is 1. The second-order valence-electron chi connectivity index (χ2n) is 6.01. The summed E-state index contributed by atoms with van der Waals surface area (Å²) in [4.78, 5) is 11.7. The van der Waals surface area contributed by atoms with Gasteiger partial charge >= 0.3 is 0 Å². The third-order valence-corrected chi connectivity index (χ3v) is 4.55. The molecule has 1 amide bonds. The zero-order valence-electron chi connectivity index (χ0n) is 14.5. The van der Waals surface area contributed by atoms with Crippen molar-refractivity contribution in [2.24, 2.45) is 5.10 Å². The van der Waals surface area contributed by atoms with Gasteiger partial charge in [-0.05, 0) is 18.6 Å². The van der Waals surface area contributed by atoms with Gasteiger partial charge in [-0.15, -0.1) is 0 Å². The fourth-order valence-corrected chi connectivity index (χ4v) is 2.95. The van der Waals surface area contributed by atoms with Gasteiger partial charge in [0.1, 0.15) is 0 Å². The molecule has 1 aromatic rings. The van der Waals surface area contributed by atoms with Crippen LogP contribution >= 0.6 is 23.2 Å². The first-order chi connectivity index (χ1) is 11.6. The Morgan fingerprint density at radius 1 is 1.00 bits per heavy atom. The lowest BCUT2D eigenvalue weighted by Crippen LogP contribution is -2.16. The van der Waals surface area contributed by atoms with Crippen LogP contribution in [0.1, 0.15) is 76.7 Å². The van der Waals surface area contributed by atoms with Crippen LogP contribution in [0.25, 0.3) is 0 Å². The number of carbonyl (C=O) groups excluding carboxylic acids is 1. The Morgan fingerprint density at radius 3 is 2.12 bits per heavy atom. The number of rotatable bonds is 12. The number of halogens is 2. The summed E-state index contributed by atoms with van der Waals surface area (Å²) in [5.41, 5.74) is 3.14. The van der Waals surface area contributed by atoms with Crippen LogP contribution in [0.2, 0.25) is 10.0 Å². The number of nitrogens with one attached hydrogen (secondary N) is 1. The van der Waals surface area contributed by atoms with Crippen molar-refractivity contribution in [3.05, 3.63) is 33.8 Å². The van der Waals surface area contributed by atoms with Crippen LogP contribution in [0.5, 0.6) is 0 Å². The molecule has 0 saturated carbocycles. The zero-order chi connectivity index (χ0) is 17.6. The van der Waals surface area contributed by atoms with Crippen LogP contribution < -0.4 is 5.43 Å². The van der Waals surface area contributed by atoms with Crippen LogP contribution in [0.15, 0.2) is 23.3 Å². The molecule has 134 valence electrons. The van der Waals surface area contributed by atoms with E-state index in [1.54, 1.807) is 18.2 Å². The van der Waals surface area contributed by atoms with Crippen molar-refractivity contribution in [2.75, 3.05) is 0 Å². The van der Waals surface area contributed by atoms with Crippen LogP contribution in [-0.4, -0.2) is 12.1 Å². The van der Waals surface area contributed by atoms with E-state index in [4.69, 9.17) is 23.2 Å². The van der Waals surface area contributed by atoms with Crippen molar-refractivity contribution in [1.29, 1.82) is 0 Å². The summed E-state index contributed by atoms with van der Waals surface area (Å²) in [6.07, 6.45) is 13.1. The fraction of sp³-hybridized carbons (Fsp3) is 0.579. The second-order valence-corrected chi connectivity index (χ2v) is 6.82. The molecule has 3 nitrogen and oxygen atoms in total. The number of unbranched alkanes of at least 4 members (excludes halogenated alkanes) is 8. The maximum absolute atomic E-state index is 11.7. The average Bonchev–Trinajstić information content (AvgIpc) is 2.56. The molecule has 0 fully saturated rings. The highest BCUT2D eigenvalue weighted by Gasteiger charge is 2.03. The monoisotopic (exact) mass is 370 g/mol. The number of hydrogen-bond donors (Lipinski definition) is 1. The molecule has 1 aromatic carbocycles. The molecule has 0 saturated heterocycles. The van der Waals surface area contributed by atoms with E-state index < -0.39 is 0 Å². The molecule has 0 aliphatic rings. The highest BCUT2D eigenvalue weighted by molar-refractivity contribution is 6.38. The number of hydrazone groups is 1. The lowest BCUT2D eigenvalue weighted by atomic mass is 10.1. The zero-order valence-corrected chi connectivity index (χ0v) is 16.0. The Balaban J connectivity index is 2.09. The Kier molecular flexibility index (Phi) is 11.6. The first-order valence-electron chi connectivity index (χ1n) is 8.91. The smallest absolute Gasteiger partial charge is 0.240 e. The summed E-state index contributed by atoms with van der Waals surface area (Å²) in [6.45, 7) is 2.23.